The smallest absolute Gasteiger partial charge is 0.244 e. The highest BCUT2D eigenvalue weighted by molar-refractivity contribution is 14.0. The molecular formula is C22H27IN4O2S2. The van der Waals surface area contributed by atoms with Gasteiger partial charge in [-0.3, -0.25) is 4.79 Å². The van der Waals surface area contributed by atoms with Crippen molar-refractivity contribution in [3.05, 3.63) is 57.1 Å². The number of guanidine groups is 1. The van der Waals surface area contributed by atoms with E-state index in [1.807, 2.05) is 36.1 Å². The second-order valence-electron chi connectivity index (χ2n) is 7.21. The maximum Gasteiger partial charge on any atom is 0.244 e. The summed E-state index contributed by atoms with van der Waals surface area (Å²) < 4.78 is 1.16. The molecular weight excluding hydrogens is 543 g/mol. The van der Waals surface area contributed by atoms with Gasteiger partial charge in [0.1, 0.15) is 12.6 Å². The minimum atomic E-state index is -0.638. The Morgan fingerprint density at radius 3 is 2.94 bits per heavy atom. The number of carbonyl (C=O) groups is 1. The fourth-order valence-corrected chi connectivity index (χ4v) is 5.45. The number of aliphatic imine (C=N–C) groups is 1. The maximum atomic E-state index is 12.6. The number of aliphatic hydroxyl groups excluding tert-OH is 1. The number of benzene rings is 1. The number of hydrogen-bond donors (Lipinski definition) is 3. The van der Waals surface area contributed by atoms with Crippen LogP contribution in [0.15, 0.2) is 46.8 Å². The second kappa shape index (κ2) is 11.3. The summed E-state index contributed by atoms with van der Waals surface area (Å²) in [6, 6.07) is 12.2. The van der Waals surface area contributed by atoms with Gasteiger partial charge in [-0.15, -0.1) is 46.7 Å². The molecule has 0 saturated heterocycles. The molecule has 1 aliphatic rings. The second-order valence-corrected chi connectivity index (χ2v) is 9.33. The first kappa shape index (κ1) is 24.0. The average Bonchev–Trinajstić information content (AvgIpc) is 3.41. The Labute approximate surface area is 207 Å². The monoisotopic (exact) mass is 570 g/mol. The number of nitrogens with one attached hydrogen (secondary N) is 2. The summed E-state index contributed by atoms with van der Waals surface area (Å²) in [4.78, 5) is 21.2. The fourth-order valence-electron chi connectivity index (χ4n) is 3.51. The zero-order valence-electron chi connectivity index (χ0n) is 17.3. The standard InChI is InChI=1S/C22H26N4O2S2.HI/c1-2-23-22(24-12-17(27)20-11-15-5-3-4-6-19(15)30-20)25-13-21(28)26-9-7-18-16(14-26)8-10-29-18;/h3-6,8,10-11,17,27H,2,7,9,12-14H2,1H3,(H2,23,24,25);1H. The summed E-state index contributed by atoms with van der Waals surface area (Å²) >= 11 is 3.36. The van der Waals surface area contributed by atoms with E-state index in [1.54, 1.807) is 22.7 Å². The first-order chi connectivity index (χ1) is 14.6. The van der Waals surface area contributed by atoms with Crippen LogP contribution in [-0.2, 0) is 17.8 Å². The van der Waals surface area contributed by atoms with Crippen LogP contribution in [0.1, 0.15) is 28.3 Å². The molecule has 0 aliphatic carbocycles. The van der Waals surface area contributed by atoms with Crippen molar-refractivity contribution < 1.29 is 9.90 Å². The van der Waals surface area contributed by atoms with Crippen LogP contribution >= 0.6 is 46.7 Å². The third-order valence-electron chi connectivity index (χ3n) is 5.11. The summed E-state index contributed by atoms with van der Waals surface area (Å²) in [5, 5.41) is 20.1. The van der Waals surface area contributed by atoms with Gasteiger partial charge in [-0.25, -0.2) is 4.99 Å². The number of rotatable bonds is 6. The highest BCUT2D eigenvalue weighted by Crippen LogP contribution is 2.29. The summed E-state index contributed by atoms with van der Waals surface area (Å²) in [7, 11) is 0. The SMILES string of the molecule is CCNC(=NCC(=O)N1CCc2sccc2C1)NCC(O)c1cc2ccccc2s1.I. The van der Waals surface area contributed by atoms with Crippen molar-refractivity contribution in [2.45, 2.75) is 26.0 Å². The third-order valence-corrected chi connectivity index (χ3v) is 7.35. The molecule has 1 amide bonds. The van der Waals surface area contributed by atoms with Crippen molar-refractivity contribution in [2.75, 3.05) is 26.2 Å². The lowest BCUT2D eigenvalue weighted by Crippen LogP contribution is -2.41. The van der Waals surface area contributed by atoms with Crippen molar-refractivity contribution in [2.24, 2.45) is 4.99 Å². The molecule has 1 atom stereocenters. The Morgan fingerprint density at radius 1 is 1.29 bits per heavy atom. The minimum Gasteiger partial charge on any atom is -0.386 e. The van der Waals surface area contributed by atoms with Crippen molar-refractivity contribution in [3.8, 4) is 0 Å². The van der Waals surface area contributed by atoms with E-state index in [4.69, 9.17) is 0 Å². The minimum absolute atomic E-state index is 0. The van der Waals surface area contributed by atoms with Gasteiger partial charge in [0.05, 0.1) is 0 Å². The van der Waals surface area contributed by atoms with Gasteiger partial charge in [0.15, 0.2) is 5.96 Å². The molecule has 4 rings (SSSR count). The zero-order valence-corrected chi connectivity index (χ0v) is 21.3. The van der Waals surface area contributed by atoms with Crippen LogP contribution in [-0.4, -0.2) is 48.1 Å². The molecule has 0 fully saturated rings. The molecule has 6 nitrogen and oxygen atoms in total. The molecule has 3 aromatic rings. The summed E-state index contributed by atoms with van der Waals surface area (Å²) in [6.45, 7) is 4.49. The van der Waals surface area contributed by atoms with E-state index in [9.17, 15) is 9.90 Å². The predicted octanol–water partition coefficient (Wildman–Crippen LogP) is 3.75. The van der Waals surface area contributed by atoms with Crippen LogP contribution in [0.5, 0.6) is 0 Å². The van der Waals surface area contributed by atoms with E-state index >= 15 is 0 Å². The van der Waals surface area contributed by atoms with E-state index in [0.717, 1.165) is 27.9 Å². The van der Waals surface area contributed by atoms with Gasteiger partial charge in [-0.05, 0) is 47.9 Å². The number of thiophene rings is 2. The van der Waals surface area contributed by atoms with Gasteiger partial charge in [-0.2, -0.15) is 0 Å². The molecule has 166 valence electrons. The molecule has 0 radical (unpaired) electrons. The average molecular weight is 571 g/mol. The number of aliphatic hydroxyl groups is 1. The normalized spacial score (nSPS) is 14.6. The lowest BCUT2D eigenvalue weighted by Gasteiger charge is -2.26. The maximum absolute atomic E-state index is 12.6. The van der Waals surface area contributed by atoms with E-state index in [2.05, 4.69) is 33.1 Å². The molecule has 1 aliphatic heterocycles. The third kappa shape index (κ3) is 5.97. The zero-order chi connectivity index (χ0) is 20.9. The van der Waals surface area contributed by atoms with E-state index in [0.29, 0.717) is 25.6 Å². The lowest BCUT2D eigenvalue weighted by molar-refractivity contribution is -0.130. The Morgan fingerprint density at radius 2 is 2.13 bits per heavy atom. The van der Waals surface area contributed by atoms with Crippen molar-refractivity contribution in [1.29, 1.82) is 0 Å². The van der Waals surface area contributed by atoms with Crippen LogP contribution in [0, 0.1) is 0 Å². The number of fused-ring (bicyclic) bond motifs is 2. The Balaban J connectivity index is 0.00000272. The Hall–Kier alpha value is -1.69. The fraction of sp³-hybridized carbons (Fsp3) is 0.364. The molecule has 0 bridgehead atoms. The van der Waals surface area contributed by atoms with E-state index in [-0.39, 0.29) is 36.4 Å². The topological polar surface area (TPSA) is 77.0 Å². The molecule has 0 spiro atoms. The van der Waals surface area contributed by atoms with Crippen LogP contribution in [0.3, 0.4) is 0 Å². The first-order valence-corrected chi connectivity index (χ1v) is 11.9. The van der Waals surface area contributed by atoms with Crippen LogP contribution in [0.25, 0.3) is 10.1 Å². The number of amides is 1. The van der Waals surface area contributed by atoms with E-state index < -0.39 is 6.10 Å². The van der Waals surface area contributed by atoms with Gasteiger partial charge in [0.25, 0.3) is 0 Å². The number of hydrogen-bond acceptors (Lipinski definition) is 5. The molecule has 3 heterocycles. The highest BCUT2D eigenvalue weighted by atomic mass is 127. The van der Waals surface area contributed by atoms with Crippen molar-refractivity contribution in [1.82, 2.24) is 15.5 Å². The highest BCUT2D eigenvalue weighted by Gasteiger charge is 2.21. The molecule has 3 N–H and O–H groups in total. The molecule has 31 heavy (non-hydrogen) atoms. The molecule has 1 aromatic carbocycles. The largest absolute Gasteiger partial charge is 0.386 e. The molecule has 1 unspecified atom stereocenters. The van der Waals surface area contributed by atoms with Gasteiger partial charge in [0, 0.05) is 40.6 Å². The van der Waals surface area contributed by atoms with Gasteiger partial charge in [0.2, 0.25) is 5.91 Å². The Kier molecular flexibility index (Phi) is 8.70. The summed E-state index contributed by atoms with van der Waals surface area (Å²) in [5.74, 6) is 0.563. The molecule has 2 aromatic heterocycles. The number of halogens is 1. The number of nitrogens with zero attached hydrogens (tertiary/aromatic N) is 2. The van der Waals surface area contributed by atoms with Crippen molar-refractivity contribution in [3.63, 3.8) is 0 Å². The Bertz CT molecular complexity index is 1020. The van der Waals surface area contributed by atoms with Gasteiger partial charge < -0.3 is 20.6 Å². The van der Waals surface area contributed by atoms with Gasteiger partial charge in [-0.1, -0.05) is 18.2 Å². The molecule has 0 saturated carbocycles. The molecule has 9 heteroatoms. The summed E-state index contributed by atoms with van der Waals surface area (Å²) in [6.07, 6.45) is 0.281. The van der Waals surface area contributed by atoms with E-state index in [1.165, 1.54) is 10.4 Å². The first-order valence-electron chi connectivity index (χ1n) is 10.2. The lowest BCUT2D eigenvalue weighted by atomic mass is 10.1. The summed E-state index contributed by atoms with van der Waals surface area (Å²) in [5.41, 5.74) is 1.25. The van der Waals surface area contributed by atoms with Crippen molar-refractivity contribution >= 4 is 68.6 Å². The van der Waals surface area contributed by atoms with Crippen LogP contribution in [0.4, 0.5) is 0 Å². The quantitative estimate of drug-likeness (QED) is 0.240. The predicted molar refractivity (Wildman–Crippen MR) is 140 cm³/mol. The van der Waals surface area contributed by atoms with Crippen LogP contribution < -0.4 is 10.6 Å². The number of carbonyl (C=O) groups excluding carboxylic acids is 1. The van der Waals surface area contributed by atoms with Gasteiger partial charge >= 0.3 is 0 Å². The van der Waals surface area contributed by atoms with Crippen LogP contribution in [0.2, 0.25) is 0 Å².